The summed E-state index contributed by atoms with van der Waals surface area (Å²) in [4.78, 5) is 40.1. The minimum atomic E-state index is -1.19. The number of hydrogen-bond donors (Lipinski definition) is 0. The van der Waals surface area contributed by atoms with Gasteiger partial charge in [0.25, 0.3) is 0 Å². The second kappa shape index (κ2) is 33.3. The van der Waals surface area contributed by atoms with Gasteiger partial charge in [-0.1, -0.05) is 79.1 Å². The first-order chi connectivity index (χ1) is 54.6. The van der Waals surface area contributed by atoms with E-state index in [1.54, 1.807) is 34.8 Å². The Bertz CT molecular complexity index is 5350. The second-order valence-corrected chi connectivity index (χ2v) is 36.7. The third kappa shape index (κ3) is 14.0. The maximum absolute atomic E-state index is 15.0. The third-order valence-electron chi connectivity index (χ3n) is 22.9. The zero-order chi connectivity index (χ0) is 78.0. The van der Waals surface area contributed by atoms with E-state index < -0.39 is 74.7 Å². The number of unbranched alkanes of at least 4 members (excludes halogenated alkanes) is 12. The van der Waals surface area contributed by atoms with E-state index in [9.17, 15) is 28.9 Å². The van der Waals surface area contributed by atoms with Crippen LogP contribution in [-0.4, -0.2) is 40.6 Å². The SMILES string of the molecule is [C-]#[N+]C(C#N)=C1/C(=C/c2ccc(-c3cc4c(s3)-c3cc5c(cc3C4(c3ccc(CCCCCC)cc3)c3ccc(CCCCCC)cc3)-c3sc(-c4ccc(/C=C6\C(=O)c7cc(F)c(F)cc7\C6=C(\C#N)[N+]#[C-])[se]4)cc3C5(c3ccc(CCCCCC)cc3)c3ccc(CCCCCC)cc3)[se]2)C(=O)c2cc(F)c(F)cc21. The summed E-state index contributed by atoms with van der Waals surface area (Å²) in [7, 11) is 0. The van der Waals surface area contributed by atoms with E-state index in [0.29, 0.717) is 0 Å². The fourth-order valence-corrected chi connectivity index (χ4v) is 24.2. The van der Waals surface area contributed by atoms with Crippen LogP contribution in [0.15, 0.2) is 192 Å². The van der Waals surface area contributed by atoms with E-state index in [4.69, 9.17) is 13.1 Å². The molecule has 14 heteroatoms. The molecule has 7 aromatic carbocycles. The number of rotatable bonds is 28. The number of hydrogen-bond acceptors (Lipinski definition) is 6. The van der Waals surface area contributed by atoms with Gasteiger partial charge in [0.15, 0.2) is 0 Å². The number of ketones is 2. The summed E-state index contributed by atoms with van der Waals surface area (Å²) in [5.41, 5.74) is 14.1. The molecule has 558 valence electrons. The maximum atomic E-state index is 15.0. The zero-order valence-corrected chi connectivity index (χ0v) is 68.3. The molecule has 0 N–H and O–H groups in total. The molecular formula is C98H82F4N4O2S2Se2. The average Bonchev–Trinajstić information content (AvgIpc) is 1.50. The first-order valence-corrected chi connectivity index (χ1v) is 44.3. The van der Waals surface area contributed by atoms with Gasteiger partial charge in [-0.25, -0.2) is 0 Å². The van der Waals surface area contributed by atoms with E-state index in [1.807, 2.05) is 24.3 Å². The van der Waals surface area contributed by atoms with Crippen molar-refractivity contribution in [2.45, 2.75) is 167 Å². The number of thiophene rings is 2. The molecule has 4 aliphatic rings. The molecule has 0 radical (unpaired) electrons. The second-order valence-electron chi connectivity index (χ2n) is 29.9. The molecule has 0 bridgehead atoms. The van der Waals surface area contributed by atoms with Crippen LogP contribution >= 0.6 is 22.7 Å². The normalized spacial score (nSPS) is 15.5. The Morgan fingerprint density at radius 2 is 0.696 bits per heavy atom. The molecule has 0 atom stereocenters. The third-order valence-corrected chi connectivity index (χ3v) is 30.4. The predicted molar refractivity (Wildman–Crippen MR) is 449 cm³/mol. The standard InChI is InChI=1S/C98H82F4N4O2S2Se2/c1-7-11-15-19-23-59-27-35-63(36-28-59)97(64-37-29-60(30-38-64)24-20-16-12-8-2)77-49-74-78(50-73(77)95-79(97)55-87(109-95)89-45-43-67(111-89)47-75-91(85(57-103)105-5)69-51-81(99)83(101)53-71(69)93(75)107)98(65-39-31-61(32-40-65)25-21-17-13-9-3,66-41-33-62(34-42-66)26-22-18-14-10-4)80-56-88(110-96(74)80)90-46-44-68(112-90)48-76-92(86(58-104)106-6)70-52-82(100)84(102)54-72(70)94(76)108/h27-56H,7-26H2,1-4H3/b75-47-,76-48-,91-85+,92-86?. The first-order valence-electron chi connectivity index (χ1n) is 39.3. The number of halogens is 4. The fraction of sp³-hybridized carbons (Fsp3) is 0.265. The summed E-state index contributed by atoms with van der Waals surface area (Å²) in [6.45, 7) is 24.9. The molecule has 0 unspecified atom stereocenters. The van der Waals surface area contributed by atoms with Crippen molar-refractivity contribution in [3.8, 4) is 51.6 Å². The topological polar surface area (TPSA) is 90.4 Å². The van der Waals surface area contributed by atoms with Crippen LogP contribution in [0.3, 0.4) is 0 Å². The Labute approximate surface area is 674 Å². The van der Waals surface area contributed by atoms with E-state index >= 15 is 8.78 Å². The van der Waals surface area contributed by atoms with Crippen LogP contribution in [0.2, 0.25) is 0 Å². The molecule has 11 aromatic rings. The summed E-state index contributed by atoms with van der Waals surface area (Å²) in [6.07, 6.45) is 25.6. The number of benzene rings is 7. The monoisotopic (exact) mass is 1650 g/mol. The van der Waals surface area contributed by atoms with Crippen molar-refractivity contribution in [3.05, 3.63) is 336 Å². The molecule has 0 saturated carbocycles. The van der Waals surface area contributed by atoms with Crippen molar-refractivity contribution in [2.24, 2.45) is 0 Å². The van der Waals surface area contributed by atoms with Gasteiger partial charge in [0.2, 0.25) is 0 Å². The number of nitrogens with zero attached hydrogens (tertiary/aromatic N) is 4. The summed E-state index contributed by atoms with van der Waals surface area (Å²) in [6, 6.07) is 63.2. The van der Waals surface area contributed by atoms with Gasteiger partial charge in [-0.3, -0.25) is 0 Å². The Hall–Kier alpha value is -10.1. The predicted octanol–water partition coefficient (Wildman–Crippen LogP) is 25.9. The van der Waals surface area contributed by atoms with Crippen LogP contribution in [0.5, 0.6) is 0 Å². The molecule has 0 aliphatic heterocycles. The number of Topliss-reactive ketones (excluding diaryl/α,β-unsaturated/α-hetero) is 2. The number of fused-ring (bicyclic) bond motifs is 8. The van der Waals surface area contributed by atoms with E-state index in [1.165, 1.54) is 59.1 Å². The molecule has 4 heterocycles. The van der Waals surface area contributed by atoms with Gasteiger partial charge in [-0.05, 0) is 0 Å². The molecule has 112 heavy (non-hydrogen) atoms. The summed E-state index contributed by atoms with van der Waals surface area (Å²) in [5.74, 6) is -5.87. The molecule has 0 saturated heterocycles. The number of carbonyl (C=O) groups excluding carboxylic acids is 2. The van der Waals surface area contributed by atoms with Gasteiger partial charge >= 0.3 is 600 Å². The van der Waals surface area contributed by atoms with Crippen LogP contribution in [0.4, 0.5) is 17.6 Å². The van der Waals surface area contributed by atoms with Crippen LogP contribution in [0, 0.1) is 59.1 Å². The van der Waals surface area contributed by atoms with Gasteiger partial charge in [0, 0.05) is 0 Å². The van der Waals surface area contributed by atoms with Gasteiger partial charge < -0.3 is 0 Å². The summed E-state index contributed by atoms with van der Waals surface area (Å²) >= 11 is 2.72. The fourth-order valence-electron chi connectivity index (χ4n) is 17.3. The van der Waals surface area contributed by atoms with Crippen LogP contribution in [-0.2, 0) is 36.5 Å². The van der Waals surface area contributed by atoms with Crippen LogP contribution < -0.4 is 0 Å². The molecule has 4 aliphatic carbocycles. The quantitative estimate of drug-likeness (QED) is 0.0122. The number of aryl methyl sites for hydroxylation is 4. The van der Waals surface area contributed by atoms with Gasteiger partial charge in [-0.2, -0.15) is 0 Å². The molecule has 15 rings (SSSR count). The minimum absolute atomic E-state index is 0.00627. The molecule has 0 fully saturated rings. The van der Waals surface area contributed by atoms with Crippen molar-refractivity contribution in [1.29, 1.82) is 10.5 Å². The number of nitriles is 2. The zero-order valence-electron chi connectivity index (χ0n) is 63.2. The van der Waals surface area contributed by atoms with Crippen molar-refractivity contribution in [2.75, 3.05) is 0 Å². The average molecular weight is 1650 g/mol. The molecule has 6 nitrogen and oxygen atoms in total. The van der Waals surface area contributed by atoms with Crippen molar-refractivity contribution < 1.29 is 27.2 Å². The Morgan fingerprint density at radius 1 is 0.393 bits per heavy atom. The number of carbonyl (C=O) groups is 2. The van der Waals surface area contributed by atoms with Crippen LogP contribution in [0.25, 0.3) is 72.5 Å². The Balaban J connectivity index is 0.969. The van der Waals surface area contributed by atoms with E-state index in [-0.39, 0.29) is 55.9 Å². The van der Waals surface area contributed by atoms with Crippen molar-refractivity contribution in [1.82, 2.24) is 0 Å². The van der Waals surface area contributed by atoms with Crippen LogP contribution in [0.1, 0.15) is 238 Å². The molecule has 0 amide bonds. The Kier molecular flexibility index (Phi) is 23.0. The Morgan fingerprint density at radius 3 is 0.982 bits per heavy atom. The van der Waals surface area contributed by atoms with Gasteiger partial charge in [0.05, 0.1) is 0 Å². The van der Waals surface area contributed by atoms with Crippen molar-refractivity contribution >= 4 is 86.5 Å². The molecule has 0 spiro atoms. The van der Waals surface area contributed by atoms with E-state index in [0.717, 1.165) is 209 Å². The van der Waals surface area contributed by atoms with Gasteiger partial charge in [0.1, 0.15) is 0 Å². The van der Waals surface area contributed by atoms with Crippen molar-refractivity contribution in [3.63, 3.8) is 0 Å². The summed E-state index contributed by atoms with van der Waals surface area (Å²) in [5, 5.41) is 20.5. The van der Waals surface area contributed by atoms with Gasteiger partial charge in [-0.15, -0.1) is 0 Å². The molecular weight excluding hydrogens is 1560 g/mol. The van der Waals surface area contributed by atoms with E-state index in [2.05, 4.69) is 171 Å². The molecule has 4 aromatic heterocycles. The summed E-state index contributed by atoms with van der Waals surface area (Å²) < 4.78 is 63.7. The number of allylic oxidation sites excluding steroid dienone is 6. The first kappa shape index (κ1) is 77.2.